The molecule has 1 amide bonds. The van der Waals surface area contributed by atoms with Crippen molar-refractivity contribution >= 4 is 5.91 Å². The third-order valence-corrected chi connectivity index (χ3v) is 4.57. The number of hydrogen-bond donors (Lipinski definition) is 1. The summed E-state index contributed by atoms with van der Waals surface area (Å²) in [6.45, 7) is 8.48. The highest BCUT2D eigenvalue weighted by Crippen LogP contribution is 2.24. The van der Waals surface area contributed by atoms with Gasteiger partial charge in [0.05, 0.1) is 13.7 Å². The van der Waals surface area contributed by atoms with Crippen LogP contribution in [0.5, 0.6) is 11.5 Å². The maximum Gasteiger partial charge on any atom is 0.236 e. The number of ether oxygens (including phenoxy) is 2. The van der Waals surface area contributed by atoms with E-state index >= 15 is 0 Å². The van der Waals surface area contributed by atoms with Gasteiger partial charge in [0.15, 0.2) is 0 Å². The van der Waals surface area contributed by atoms with Crippen LogP contribution in [0.25, 0.3) is 0 Å². The van der Waals surface area contributed by atoms with Gasteiger partial charge in [-0.2, -0.15) is 0 Å². The first kappa shape index (κ1) is 21.8. The Morgan fingerprint density at radius 3 is 2.39 bits per heavy atom. The number of benzene rings is 2. The number of hydrogen-bond acceptors (Lipinski definition) is 4. The molecule has 2 aromatic rings. The lowest BCUT2D eigenvalue weighted by molar-refractivity contribution is -0.129. The zero-order valence-electron chi connectivity index (χ0n) is 17.6. The van der Waals surface area contributed by atoms with Crippen LogP contribution in [0.4, 0.5) is 0 Å². The molecule has 0 aliphatic rings. The van der Waals surface area contributed by atoms with Crippen LogP contribution in [0.3, 0.4) is 0 Å². The number of amides is 1. The second-order valence-electron chi connectivity index (χ2n) is 7.86. The van der Waals surface area contributed by atoms with Crippen molar-refractivity contribution in [2.24, 2.45) is 0 Å². The molecule has 1 N–H and O–H groups in total. The van der Waals surface area contributed by atoms with E-state index in [2.05, 4.69) is 38.2 Å². The number of rotatable bonds is 9. The Kier molecular flexibility index (Phi) is 7.88. The Morgan fingerprint density at radius 2 is 1.75 bits per heavy atom. The molecule has 0 aliphatic heterocycles. The Morgan fingerprint density at radius 1 is 1.07 bits per heavy atom. The molecule has 152 valence electrons. The summed E-state index contributed by atoms with van der Waals surface area (Å²) in [6.07, 6.45) is 0. The molecule has 0 saturated carbocycles. The lowest BCUT2D eigenvalue weighted by Crippen LogP contribution is -2.36. The number of methoxy groups -OCH3 is 1. The quantitative estimate of drug-likeness (QED) is 0.671. The Balaban J connectivity index is 1.69. The fraction of sp³-hybridized carbons (Fsp3) is 0.435. The largest absolute Gasteiger partial charge is 0.496 e. The van der Waals surface area contributed by atoms with Gasteiger partial charge in [0.1, 0.15) is 18.1 Å². The van der Waals surface area contributed by atoms with E-state index in [0.717, 1.165) is 17.1 Å². The molecule has 2 aromatic carbocycles. The average molecular weight is 385 g/mol. The summed E-state index contributed by atoms with van der Waals surface area (Å²) in [6, 6.07) is 15.9. The maximum atomic E-state index is 12.3. The summed E-state index contributed by atoms with van der Waals surface area (Å²) in [5.41, 5.74) is 2.40. The lowest BCUT2D eigenvalue weighted by Gasteiger charge is -2.19. The van der Waals surface area contributed by atoms with Crippen LogP contribution >= 0.6 is 0 Å². The molecule has 0 spiro atoms. The van der Waals surface area contributed by atoms with Crippen molar-refractivity contribution < 1.29 is 14.3 Å². The molecule has 5 nitrogen and oxygen atoms in total. The molecule has 0 radical (unpaired) electrons. The van der Waals surface area contributed by atoms with Crippen LogP contribution in [0.15, 0.2) is 48.5 Å². The minimum absolute atomic E-state index is 0.0282. The van der Waals surface area contributed by atoms with Gasteiger partial charge in [-0.3, -0.25) is 4.79 Å². The topological polar surface area (TPSA) is 50.8 Å². The second kappa shape index (κ2) is 10.1. The molecule has 28 heavy (non-hydrogen) atoms. The molecule has 0 atom stereocenters. The summed E-state index contributed by atoms with van der Waals surface area (Å²) in [5.74, 6) is 1.66. The molecule has 0 aromatic heterocycles. The molecular weight excluding hydrogens is 352 g/mol. The van der Waals surface area contributed by atoms with E-state index in [-0.39, 0.29) is 17.9 Å². The second-order valence-corrected chi connectivity index (χ2v) is 7.86. The zero-order chi connectivity index (χ0) is 20.6. The number of likely N-dealkylation sites (N-methyl/N-ethyl adjacent to an activating group) is 1. The molecule has 2 rings (SSSR count). The minimum atomic E-state index is 0.0282. The van der Waals surface area contributed by atoms with Gasteiger partial charge in [0, 0.05) is 25.7 Å². The van der Waals surface area contributed by atoms with Gasteiger partial charge in [-0.25, -0.2) is 0 Å². The molecule has 0 fully saturated rings. The lowest BCUT2D eigenvalue weighted by atomic mass is 9.87. The number of nitrogens with one attached hydrogen (secondary N) is 1. The van der Waals surface area contributed by atoms with Crippen molar-refractivity contribution in [3.05, 3.63) is 59.7 Å². The highest BCUT2D eigenvalue weighted by atomic mass is 16.5. The minimum Gasteiger partial charge on any atom is -0.496 e. The molecule has 0 saturated heterocycles. The summed E-state index contributed by atoms with van der Waals surface area (Å²) in [4.78, 5) is 14.0. The maximum absolute atomic E-state index is 12.3. The fourth-order valence-corrected chi connectivity index (χ4v) is 2.80. The molecule has 0 bridgehead atoms. The standard InChI is InChI=1S/C23H32N2O3/c1-23(2,3)19-10-12-20(13-11-19)28-15-14-24-16-22(26)25(4)17-18-8-6-7-9-21(18)27-5/h6-13,24H,14-17H2,1-5H3. The third kappa shape index (κ3) is 6.57. The summed E-state index contributed by atoms with van der Waals surface area (Å²) in [7, 11) is 3.43. The van der Waals surface area contributed by atoms with E-state index in [9.17, 15) is 4.79 Å². The Hall–Kier alpha value is -2.53. The van der Waals surface area contributed by atoms with Gasteiger partial charge in [0.25, 0.3) is 0 Å². The molecule has 0 unspecified atom stereocenters. The number of carbonyl (C=O) groups excluding carboxylic acids is 1. The predicted molar refractivity (Wildman–Crippen MR) is 113 cm³/mol. The summed E-state index contributed by atoms with van der Waals surface area (Å²) < 4.78 is 11.1. The first-order chi connectivity index (χ1) is 13.3. The summed E-state index contributed by atoms with van der Waals surface area (Å²) >= 11 is 0. The van der Waals surface area contributed by atoms with Crippen molar-refractivity contribution in [1.29, 1.82) is 0 Å². The van der Waals surface area contributed by atoms with E-state index in [1.54, 1.807) is 19.1 Å². The van der Waals surface area contributed by atoms with Crippen LogP contribution < -0.4 is 14.8 Å². The van der Waals surface area contributed by atoms with Crippen molar-refractivity contribution in [1.82, 2.24) is 10.2 Å². The fourth-order valence-electron chi connectivity index (χ4n) is 2.80. The van der Waals surface area contributed by atoms with E-state index < -0.39 is 0 Å². The number of para-hydroxylation sites is 1. The monoisotopic (exact) mass is 384 g/mol. The highest BCUT2D eigenvalue weighted by molar-refractivity contribution is 5.78. The van der Waals surface area contributed by atoms with Gasteiger partial charge in [-0.1, -0.05) is 51.1 Å². The number of carbonyl (C=O) groups is 1. The molecular formula is C23H32N2O3. The third-order valence-electron chi connectivity index (χ3n) is 4.57. The van der Waals surface area contributed by atoms with E-state index in [1.807, 2.05) is 36.4 Å². The van der Waals surface area contributed by atoms with Gasteiger partial charge in [-0.05, 0) is 29.2 Å². The summed E-state index contributed by atoms with van der Waals surface area (Å²) in [5, 5.41) is 3.14. The van der Waals surface area contributed by atoms with Gasteiger partial charge >= 0.3 is 0 Å². The van der Waals surface area contributed by atoms with Crippen LogP contribution in [0.1, 0.15) is 31.9 Å². The normalized spacial score (nSPS) is 11.2. The van der Waals surface area contributed by atoms with Gasteiger partial charge in [-0.15, -0.1) is 0 Å². The zero-order valence-corrected chi connectivity index (χ0v) is 17.6. The molecule has 0 aliphatic carbocycles. The number of nitrogens with zero attached hydrogens (tertiary/aromatic N) is 1. The van der Waals surface area contributed by atoms with Crippen molar-refractivity contribution in [3.8, 4) is 11.5 Å². The first-order valence-corrected chi connectivity index (χ1v) is 9.61. The van der Waals surface area contributed by atoms with E-state index in [0.29, 0.717) is 19.7 Å². The Bertz CT molecular complexity index is 751. The van der Waals surface area contributed by atoms with Crippen LogP contribution in [-0.2, 0) is 16.8 Å². The highest BCUT2D eigenvalue weighted by Gasteiger charge is 2.13. The molecule has 0 heterocycles. The average Bonchev–Trinajstić information content (AvgIpc) is 2.67. The Labute approximate surface area is 168 Å². The molecule has 5 heteroatoms. The van der Waals surface area contributed by atoms with Crippen LogP contribution in [0, 0.1) is 0 Å². The SMILES string of the molecule is COc1ccccc1CN(C)C(=O)CNCCOc1ccc(C(C)(C)C)cc1. The van der Waals surface area contributed by atoms with E-state index in [4.69, 9.17) is 9.47 Å². The van der Waals surface area contributed by atoms with Crippen molar-refractivity contribution in [2.45, 2.75) is 32.7 Å². The van der Waals surface area contributed by atoms with Crippen molar-refractivity contribution in [3.63, 3.8) is 0 Å². The predicted octanol–water partition coefficient (Wildman–Crippen LogP) is 3.62. The van der Waals surface area contributed by atoms with Crippen LogP contribution in [-0.4, -0.2) is 44.7 Å². The van der Waals surface area contributed by atoms with Crippen LogP contribution in [0.2, 0.25) is 0 Å². The van der Waals surface area contributed by atoms with Crippen molar-refractivity contribution in [2.75, 3.05) is 33.9 Å². The van der Waals surface area contributed by atoms with Gasteiger partial charge in [0.2, 0.25) is 5.91 Å². The van der Waals surface area contributed by atoms with Gasteiger partial charge < -0.3 is 19.7 Å². The first-order valence-electron chi connectivity index (χ1n) is 9.61. The van der Waals surface area contributed by atoms with E-state index in [1.165, 1.54) is 5.56 Å². The smallest absolute Gasteiger partial charge is 0.236 e.